The lowest BCUT2D eigenvalue weighted by molar-refractivity contribution is 0.0170. The Morgan fingerprint density at radius 3 is 2.21 bits per heavy atom. The third kappa shape index (κ3) is 4.51. The van der Waals surface area contributed by atoms with Crippen molar-refractivity contribution in [3.63, 3.8) is 0 Å². The van der Waals surface area contributed by atoms with Crippen LogP contribution in [0.25, 0.3) is 0 Å². The zero-order chi connectivity index (χ0) is 14.8. The molecule has 0 spiro atoms. The van der Waals surface area contributed by atoms with Crippen molar-refractivity contribution in [3.05, 3.63) is 26.7 Å². The maximum Gasteiger partial charge on any atom is 0.273 e. The molecular weight excluding hydrogens is 389 g/mol. The summed E-state index contributed by atoms with van der Waals surface area (Å²) in [6.45, 7) is -2.11. The summed E-state index contributed by atoms with van der Waals surface area (Å²) in [5.74, 6) is -3.35. The molecule has 1 aromatic rings. The molecule has 0 fully saturated rings. The second-order valence-electron chi connectivity index (χ2n) is 3.58. The fourth-order valence-corrected chi connectivity index (χ4v) is 4.13. The highest BCUT2D eigenvalue weighted by atomic mass is 79.9. The molecule has 108 valence electrons. The lowest BCUT2D eigenvalue weighted by Gasteiger charge is -2.16. The number of nitrogens with one attached hydrogen (secondary N) is 1. The van der Waals surface area contributed by atoms with Crippen LogP contribution in [0.5, 0.6) is 0 Å². The van der Waals surface area contributed by atoms with Crippen molar-refractivity contribution in [1.29, 1.82) is 0 Å². The predicted octanol–water partition coefficient (Wildman–Crippen LogP) is 2.63. The van der Waals surface area contributed by atoms with Crippen molar-refractivity contribution in [1.82, 2.24) is 4.72 Å². The summed E-state index contributed by atoms with van der Waals surface area (Å²) in [5.41, 5.74) is 4.81. The van der Waals surface area contributed by atoms with Crippen LogP contribution in [0.4, 0.5) is 8.78 Å². The topological polar surface area (TPSA) is 72.2 Å². The van der Waals surface area contributed by atoms with Crippen LogP contribution in [-0.2, 0) is 10.0 Å². The van der Waals surface area contributed by atoms with Crippen LogP contribution in [0.2, 0.25) is 10.0 Å². The number of nitrogens with two attached hydrogens (primary N) is 1. The third-order valence-electron chi connectivity index (χ3n) is 2.05. The van der Waals surface area contributed by atoms with Gasteiger partial charge in [0.2, 0.25) is 10.0 Å². The van der Waals surface area contributed by atoms with Gasteiger partial charge >= 0.3 is 0 Å². The number of rotatable bonds is 5. The average Bonchev–Trinajstić information content (AvgIpc) is 2.25. The molecule has 0 bridgehead atoms. The van der Waals surface area contributed by atoms with Crippen molar-refractivity contribution in [2.24, 2.45) is 5.73 Å². The molecule has 0 saturated carbocycles. The quantitative estimate of drug-likeness (QED) is 0.802. The van der Waals surface area contributed by atoms with Crippen LogP contribution in [0.3, 0.4) is 0 Å². The van der Waals surface area contributed by atoms with Crippen molar-refractivity contribution in [2.75, 3.05) is 13.1 Å². The first-order valence-corrected chi connectivity index (χ1v) is 7.84. The Balaban J connectivity index is 3.09. The van der Waals surface area contributed by atoms with Crippen molar-refractivity contribution < 1.29 is 17.2 Å². The minimum atomic E-state index is -4.25. The van der Waals surface area contributed by atoms with Crippen LogP contribution in [0, 0.1) is 0 Å². The Morgan fingerprint density at radius 2 is 1.79 bits per heavy atom. The minimum Gasteiger partial charge on any atom is -0.325 e. The molecule has 10 heteroatoms. The van der Waals surface area contributed by atoms with E-state index in [1.165, 1.54) is 12.1 Å². The van der Waals surface area contributed by atoms with Gasteiger partial charge in [-0.2, -0.15) is 0 Å². The van der Waals surface area contributed by atoms with E-state index in [0.717, 1.165) is 0 Å². The zero-order valence-corrected chi connectivity index (χ0v) is 13.2. The molecule has 3 N–H and O–H groups in total. The first-order valence-electron chi connectivity index (χ1n) is 4.81. The van der Waals surface area contributed by atoms with Gasteiger partial charge in [0.25, 0.3) is 5.92 Å². The largest absolute Gasteiger partial charge is 0.325 e. The number of benzene rings is 1. The summed E-state index contributed by atoms with van der Waals surface area (Å²) < 4.78 is 51.8. The van der Waals surface area contributed by atoms with Crippen molar-refractivity contribution in [2.45, 2.75) is 10.8 Å². The number of halogens is 5. The molecule has 0 aliphatic heterocycles. The normalized spacial score (nSPS) is 12.7. The monoisotopic (exact) mass is 396 g/mol. The molecule has 0 aromatic heterocycles. The van der Waals surface area contributed by atoms with Gasteiger partial charge in [0.05, 0.1) is 23.1 Å². The first kappa shape index (κ1) is 17.1. The lowest BCUT2D eigenvalue weighted by Crippen LogP contribution is -2.41. The second kappa shape index (κ2) is 6.19. The Kier molecular flexibility index (Phi) is 5.56. The van der Waals surface area contributed by atoms with E-state index in [4.69, 9.17) is 28.9 Å². The van der Waals surface area contributed by atoms with Crippen LogP contribution in [0.1, 0.15) is 0 Å². The fraction of sp³-hybridized carbons (Fsp3) is 0.333. The van der Waals surface area contributed by atoms with Gasteiger partial charge in [0.1, 0.15) is 4.90 Å². The zero-order valence-electron chi connectivity index (χ0n) is 9.26. The molecular formula is C9H9BrCl2F2N2O2S. The highest BCUT2D eigenvalue weighted by Crippen LogP contribution is 2.32. The summed E-state index contributed by atoms with van der Waals surface area (Å²) >= 11 is 14.6. The summed E-state index contributed by atoms with van der Waals surface area (Å²) in [6.07, 6.45) is 0. The van der Waals surface area contributed by atoms with Crippen LogP contribution < -0.4 is 10.5 Å². The van der Waals surface area contributed by atoms with Gasteiger partial charge in [-0.15, -0.1) is 0 Å². The predicted molar refractivity (Wildman–Crippen MR) is 73.4 cm³/mol. The number of sulfonamides is 1. The molecule has 0 aliphatic rings. The van der Waals surface area contributed by atoms with Crippen LogP contribution in [-0.4, -0.2) is 27.4 Å². The molecule has 0 amide bonds. The van der Waals surface area contributed by atoms with Gasteiger partial charge in [-0.1, -0.05) is 39.1 Å². The number of hydrogen-bond donors (Lipinski definition) is 2. The smallest absolute Gasteiger partial charge is 0.273 e. The fourth-order valence-electron chi connectivity index (χ4n) is 1.13. The number of alkyl halides is 2. The van der Waals surface area contributed by atoms with Gasteiger partial charge in [-0.3, -0.25) is 0 Å². The molecule has 0 saturated heterocycles. The van der Waals surface area contributed by atoms with Gasteiger partial charge in [-0.05, 0) is 12.1 Å². The van der Waals surface area contributed by atoms with E-state index >= 15 is 0 Å². The standard InChI is InChI=1S/C9H9BrCl2F2N2O2S/c10-5-1-6(11)8(7(12)2-5)19(17,18)16-4-9(13,14)3-15/h1-2,16H,3-4,15H2. The molecule has 1 rings (SSSR count). The van der Waals surface area contributed by atoms with E-state index in [1.54, 1.807) is 4.72 Å². The lowest BCUT2D eigenvalue weighted by atomic mass is 10.3. The van der Waals surface area contributed by atoms with E-state index in [0.29, 0.717) is 4.47 Å². The molecule has 4 nitrogen and oxygen atoms in total. The molecule has 1 aromatic carbocycles. The van der Waals surface area contributed by atoms with E-state index in [1.807, 2.05) is 0 Å². The Morgan fingerprint density at radius 1 is 1.32 bits per heavy atom. The Hall–Kier alpha value is 0.01000. The highest BCUT2D eigenvalue weighted by Gasteiger charge is 2.31. The third-order valence-corrected chi connectivity index (χ3v) is 4.83. The molecule has 0 heterocycles. The molecule has 0 radical (unpaired) electrons. The van der Waals surface area contributed by atoms with Crippen molar-refractivity contribution >= 4 is 49.2 Å². The SMILES string of the molecule is NCC(F)(F)CNS(=O)(=O)c1c(Cl)cc(Br)cc1Cl. The first-order chi connectivity index (χ1) is 8.59. The summed E-state index contributed by atoms with van der Waals surface area (Å²) in [4.78, 5) is -0.452. The molecule has 0 unspecified atom stereocenters. The molecule has 0 aliphatic carbocycles. The van der Waals surface area contributed by atoms with Crippen LogP contribution >= 0.6 is 39.1 Å². The van der Waals surface area contributed by atoms with E-state index in [9.17, 15) is 17.2 Å². The van der Waals surface area contributed by atoms with E-state index in [2.05, 4.69) is 15.9 Å². The van der Waals surface area contributed by atoms with E-state index < -0.39 is 33.9 Å². The molecule has 0 atom stereocenters. The van der Waals surface area contributed by atoms with Crippen LogP contribution in [0.15, 0.2) is 21.5 Å². The maximum atomic E-state index is 12.9. The van der Waals surface area contributed by atoms with Gasteiger partial charge < -0.3 is 5.73 Å². The summed E-state index contributed by atoms with van der Waals surface area (Å²) in [6, 6.07) is 2.59. The number of hydrogen-bond acceptors (Lipinski definition) is 3. The van der Waals surface area contributed by atoms with E-state index in [-0.39, 0.29) is 10.0 Å². The highest BCUT2D eigenvalue weighted by molar-refractivity contribution is 9.10. The Labute approximate surface area is 127 Å². The van der Waals surface area contributed by atoms with Gasteiger partial charge in [0.15, 0.2) is 0 Å². The average molecular weight is 398 g/mol. The molecule has 19 heavy (non-hydrogen) atoms. The summed E-state index contributed by atoms with van der Waals surface area (Å²) in [5, 5.41) is -0.356. The van der Waals surface area contributed by atoms with Crippen molar-refractivity contribution in [3.8, 4) is 0 Å². The summed E-state index contributed by atoms with van der Waals surface area (Å²) in [7, 11) is -4.25. The minimum absolute atomic E-state index is 0.178. The Bertz CT molecular complexity index is 561. The van der Waals surface area contributed by atoms with Gasteiger partial charge in [-0.25, -0.2) is 21.9 Å². The van der Waals surface area contributed by atoms with Gasteiger partial charge in [0, 0.05) is 4.47 Å². The maximum absolute atomic E-state index is 12.9. The second-order valence-corrected chi connectivity index (χ2v) is 7.02.